The van der Waals surface area contributed by atoms with Crippen LogP contribution in [0.4, 0.5) is 17.1 Å². The summed E-state index contributed by atoms with van der Waals surface area (Å²) in [6.45, 7) is 1.94. The van der Waals surface area contributed by atoms with Crippen molar-refractivity contribution < 1.29 is 19.2 Å². The lowest BCUT2D eigenvalue weighted by atomic mass is 10.2. The topological polar surface area (TPSA) is 123 Å². The maximum atomic E-state index is 12.4. The minimum absolute atomic E-state index is 0.0397. The second kappa shape index (κ2) is 8.74. The molecule has 1 heterocycles. The summed E-state index contributed by atoms with van der Waals surface area (Å²) in [5.74, 6) is -0.541. The number of hydrogen-bond donors (Lipinski definition) is 2. The van der Waals surface area contributed by atoms with Gasteiger partial charge in [-0.25, -0.2) is 4.99 Å². The van der Waals surface area contributed by atoms with E-state index in [-0.39, 0.29) is 23.7 Å². The van der Waals surface area contributed by atoms with Crippen molar-refractivity contribution in [3.05, 3.63) is 58.1 Å². The van der Waals surface area contributed by atoms with Crippen LogP contribution >= 0.6 is 11.8 Å². The number of aryl methyl sites for hydroxylation is 1. The summed E-state index contributed by atoms with van der Waals surface area (Å²) in [5.41, 5.74) is 1.49. The van der Waals surface area contributed by atoms with Crippen molar-refractivity contribution in [2.75, 3.05) is 12.4 Å². The van der Waals surface area contributed by atoms with E-state index in [4.69, 9.17) is 4.74 Å². The van der Waals surface area contributed by atoms with Gasteiger partial charge in [-0.3, -0.25) is 19.7 Å². The van der Waals surface area contributed by atoms with Gasteiger partial charge >= 0.3 is 0 Å². The molecule has 1 aliphatic heterocycles. The van der Waals surface area contributed by atoms with Crippen LogP contribution in [0.25, 0.3) is 0 Å². The Balaban J connectivity index is 1.67. The SMILES string of the molecule is COc1ccc(NC(=O)C[C@@H]2SC(=Nc3cccc(C)c3)NC2=O)c([N+](=O)[O-])c1. The van der Waals surface area contributed by atoms with Crippen LogP contribution < -0.4 is 15.4 Å². The molecule has 150 valence electrons. The van der Waals surface area contributed by atoms with E-state index in [1.807, 2.05) is 31.2 Å². The first-order chi connectivity index (χ1) is 13.9. The number of carbonyl (C=O) groups excluding carboxylic acids is 2. The van der Waals surface area contributed by atoms with Gasteiger partial charge in [0.05, 0.1) is 23.8 Å². The van der Waals surface area contributed by atoms with Crippen molar-refractivity contribution in [1.82, 2.24) is 5.32 Å². The van der Waals surface area contributed by atoms with E-state index in [2.05, 4.69) is 15.6 Å². The highest BCUT2D eigenvalue weighted by atomic mass is 32.2. The molecule has 10 heteroatoms. The zero-order valence-corrected chi connectivity index (χ0v) is 16.5. The minimum Gasteiger partial charge on any atom is -0.496 e. The molecule has 0 radical (unpaired) electrons. The van der Waals surface area contributed by atoms with E-state index in [1.165, 1.54) is 25.3 Å². The van der Waals surface area contributed by atoms with Gasteiger partial charge in [0.25, 0.3) is 5.69 Å². The summed E-state index contributed by atoms with van der Waals surface area (Å²) in [6, 6.07) is 11.6. The van der Waals surface area contributed by atoms with Crippen LogP contribution in [0.5, 0.6) is 5.75 Å². The van der Waals surface area contributed by atoms with Gasteiger partial charge in [0.1, 0.15) is 16.7 Å². The maximum Gasteiger partial charge on any atom is 0.296 e. The number of hydrogen-bond acceptors (Lipinski definition) is 7. The van der Waals surface area contributed by atoms with E-state index in [0.29, 0.717) is 16.6 Å². The van der Waals surface area contributed by atoms with Gasteiger partial charge in [-0.05, 0) is 36.8 Å². The number of methoxy groups -OCH3 is 1. The van der Waals surface area contributed by atoms with Crippen LogP contribution in [-0.2, 0) is 9.59 Å². The molecule has 1 saturated heterocycles. The Bertz CT molecular complexity index is 1010. The molecule has 29 heavy (non-hydrogen) atoms. The van der Waals surface area contributed by atoms with E-state index in [9.17, 15) is 19.7 Å². The number of aliphatic imine (C=N–C) groups is 1. The first-order valence-electron chi connectivity index (χ1n) is 8.61. The number of anilines is 1. The van der Waals surface area contributed by atoms with Gasteiger partial charge in [0.15, 0.2) is 5.17 Å². The predicted molar refractivity (Wildman–Crippen MR) is 111 cm³/mol. The quantitative estimate of drug-likeness (QED) is 0.553. The third kappa shape index (κ3) is 5.11. The predicted octanol–water partition coefficient (Wildman–Crippen LogP) is 3.16. The van der Waals surface area contributed by atoms with Crippen molar-refractivity contribution in [2.24, 2.45) is 4.99 Å². The summed E-state index contributed by atoms with van der Waals surface area (Å²) >= 11 is 1.15. The van der Waals surface area contributed by atoms with E-state index in [1.54, 1.807) is 0 Å². The molecule has 2 N–H and O–H groups in total. The van der Waals surface area contributed by atoms with Crippen molar-refractivity contribution in [3.63, 3.8) is 0 Å². The highest BCUT2D eigenvalue weighted by Gasteiger charge is 2.32. The normalized spacial score (nSPS) is 17.1. The lowest BCUT2D eigenvalue weighted by molar-refractivity contribution is -0.384. The largest absolute Gasteiger partial charge is 0.496 e. The van der Waals surface area contributed by atoms with Crippen LogP contribution in [0.3, 0.4) is 0 Å². The Hall–Kier alpha value is -3.40. The zero-order chi connectivity index (χ0) is 21.0. The summed E-state index contributed by atoms with van der Waals surface area (Å²) in [6.07, 6.45) is -0.146. The summed E-state index contributed by atoms with van der Waals surface area (Å²) in [7, 11) is 1.39. The molecule has 0 aromatic heterocycles. The highest BCUT2D eigenvalue weighted by Crippen LogP contribution is 2.30. The van der Waals surface area contributed by atoms with Gasteiger partial charge in [-0.15, -0.1) is 0 Å². The number of nitrogens with zero attached hydrogens (tertiary/aromatic N) is 2. The fourth-order valence-electron chi connectivity index (χ4n) is 2.67. The molecule has 2 aromatic carbocycles. The molecule has 2 amide bonds. The van der Waals surface area contributed by atoms with Crippen LogP contribution in [-0.4, -0.2) is 34.3 Å². The number of amidine groups is 1. The summed E-state index contributed by atoms with van der Waals surface area (Å²) < 4.78 is 4.97. The number of amides is 2. The van der Waals surface area contributed by atoms with Gasteiger partial charge in [-0.1, -0.05) is 23.9 Å². The Kier molecular flexibility index (Phi) is 6.13. The zero-order valence-electron chi connectivity index (χ0n) is 15.7. The number of ether oxygens (including phenoxy) is 1. The number of nitro benzene ring substituents is 1. The highest BCUT2D eigenvalue weighted by molar-refractivity contribution is 8.15. The van der Waals surface area contributed by atoms with Crippen molar-refractivity contribution in [2.45, 2.75) is 18.6 Å². The molecule has 1 aliphatic rings. The lowest BCUT2D eigenvalue weighted by Crippen LogP contribution is -2.28. The van der Waals surface area contributed by atoms with E-state index < -0.39 is 16.1 Å². The summed E-state index contributed by atoms with van der Waals surface area (Å²) in [4.78, 5) is 39.5. The third-order valence-corrected chi connectivity index (χ3v) is 5.14. The molecule has 1 atom stereocenters. The molecule has 2 aromatic rings. The lowest BCUT2D eigenvalue weighted by Gasteiger charge is -2.09. The second-order valence-electron chi connectivity index (χ2n) is 6.24. The number of rotatable bonds is 6. The first kappa shape index (κ1) is 20.3. The minimum atomic E-state index is -0.670. The molecule has 0 spiro atoms. The number of benzene rings is 2. The van der Waals surface area contributed by atoms with Crippen LogP contribution in [0, 0.1) is 17.0 Å². The number of thioether (sulfide) groups is 1. The summed E-state index contributed by atoms with van der Waals surface area (Å²) in [5, 5.41) is 16.1. The molecule has 1 fully saturated rings. The standard InChI is InChI=1S/C19H18N4O5S/c1-11-4-3-5-12(8-11)20-19-22-18(25)16(29-19)10-17(24)21-14-7-6-13(28-2)9-15(14)23(26)27/h3-9,16H,10H2,1-2H3,(H,21,24)(H,20,22,25)/t16-/m0/s1. The molecular formula is C19H18N4O5S. The molecule has 3 rings (SSSR count). The van der Waals surface area contributed by atoms with Gasteiger partial charge < -0.3 is 15.4 Å². The molecule has 0 saturated carbocycles. The van der Waals surface area contributed by atoms with Crippen LogP contribution in [0.15, 0.2) is 47.5 Å². The second-order valence-corrected chi connectivity index (χ2v) is 7.44. The van der Waals surface area contributed by atoms with Crippen LogP contribution in [0.1, 0.15) is 12.0 Å². The van der Waals surface area contributed by atoms with Crippen molar-refractivity contribution in [1.29, 1.82) is 0 Å². The number of carbonyl (C=O) groups is 2. The van der Waals surface area contributed by atoms with Gasteiger partial charge in [0, 0.05) is 6.42 Å². The maximum absolute atomic E-state index is 12.4. The van der Waals surface area contributed by atoms with Crippen molar-refractivity contribution >= 4 is 45.8 Å². The Morgan fingerprint density at radius 2 is 2.14 bits per heavy atom. The monoisotopic (exact) mass is 414 g/mol. The fraction of sp³-hybridized carbons (Fsp3) is 0.211. The molecular weight excluding hydrogens is 396 g/mol. The number of nitrogens with one attached hydrogen (secondary N) is 2. The van der Waals surface area contributed by atoms with Crippen LogP contribution in [0.2, 0.25) is 0 Å². The smallest absolute Gasteiger partial charge is 0.296 e. The first-order valence-corrected chi connectivity index (χ1v) is 9.49. The van der Waals surface area contributed by atoms with Gasteiger partial charge in [0.2, 0.25) is 11.8 Å². The molecule has 0 bridgehead atoms. The third-order valence-electron chi connectivity index (χ3n) is 4.06. The fourth-order valence-corrected chi connectivity index (χ4v) is 3.66. The Labute approximate surface area is 170 Å². The van der Waals surface area contributed by atoms with Crippen molar-refractivity contribution in [3.8, 4) is 5.75 Å². The molecule has 0 aliphatic carbocycles. The van der Waals surface area contributed by atoms with E-state index >= 15 is 0 Å². The average Bonchev–Trinajstić information content (AvgIpc) is 3.00. The Morgan fingerprint density at radius 3 is 2.83 bits per heavy atom. The average molecular weight is 414 g/mol. The van der Waals surface area contributed by atoms with Gasteiger partial charge in [-0.2, -0.15) is 0 Å². The Morgan fingerprint density at radius 1 is 1.34 bits per heavy atom. The molecule has 9 nitrogen and oxygen atoms in total. The molecule has 0 unspecified atom stereocenters. The number of nitro groups is 1. The van der Waals surface area contributed by atoms with E-state index in [0.717, 1.165) is 17.3 Å².